The molecule has 2 nitrogen and oxygen atoms in total. The molecule has 1 aliphatic rings. The van der Waals surface area contributed by atoms with Crippen LogP contribution >= 0.6 is 0 Å². The van der Waals surface area contributed by atoms with Gasteiger partial charge in [0, 0.05) is 5.56 Å². The SMILES string of the molecule is CCOC1=CC(c2ccc(C=O)c(CC)c2)=CCC=C1. The Labute approximate surface area is 120 Å². The Bertz CT molecular complexity index is 577. The fourth-order valence-electron chi connectivity index (χ4n) is 2.30. The van der Waals surface area contributed by atoms with Gasteiger partial charge in [0.15, 0.2) is 0 Å². The zero-order valence-electron chi connectivity index (χ0n) is 12.1. The molecule has 0 saturated heterocycles. The van der Waals surface area contributed by atoms with Crippen LogP contribution in [0.3, 0.4) is 0 Å². The van der Waals surface area contributed by atoms with Crippen LogP contribution in [0.5, 0.6) is 0 Å². The van der Waals surface area contributed by atoms with E-state index in [-0.39, 0.29) is 0 Å². The number of carbonyl (C=O) groups is 1. The molecule has 0 radical (unpaired) electrons. The van der Waals surface area contributed by atoms with Crippen LogP contribution in [0.1, 0.15) is 41.8 Å². The fourth-order valence-corrected chi connectivity index (χ4v) is 2.30. The third-order valence-electron chi connectivity index (χ3n) is 3.35. The van der Waals surface area contributed by atoms with E-state index in [9.17, 15) is 4.79 Å². The second-order valence-electron chi connectivity index (χ2n) is 4.66. The molecule has 0 aromatic heterocycles. The normalized spacial score (nSPS) is 14.3. The molecule has 0 spiro atoms. The summed E-state index contributed by atoms with van der Waals surface area (Å²) in [6.45, 7) is 4.71. The Kier molecular flexibility index (Phi) is 4.94. The molecule has 0 amide bonds. The summed E-state index contributed by atoms with van der Waals surface area (Å²) in [4.78, 5) is 11.0. The highest BCUT2D eigenvalue weighted by molar-refractivity contribution is 5.81. The van der Waals surface area contributed by atoms with Crippen molar-refractivity contribution in [2.24, 2.45) is 0 Å². The lowest BCUT2D eigenvalue weighted by molar-refractivity contribution is 0.112. The number of allylic oxidation sites excluding steroid dienone is 5. The van der Waals surface area contributed by atoms with Crippen molar-refractivity contribution in [2.45, 2.75) is 26.7 Å². The molecule has 1 aromatic carbocycles. The van der Waals surface area contributed by atoms with Crippen molar-refractivity contribution < 1.29 is 9.53 Å². The summed E-state index contributed by atoms with van der Waals surface area (Å²) >= 11 is 0. The van der Waals surface area contributed by atoms with Crippen LogP contribution in [0.4, 0.5) is 0 Å². The number of aldehydes is 1. The van der Waals surface area contributed by atoms with E-state index in [0.29, 0.717) is 6.61 Å². The molecular weight excluding hydrogens is 248 g/mol. The van der Waals surface area contributed by atoms with Crippen molar-refractivity contribution >= 4 is 11.9 Å². The van der Waals surface area contributed by atoms with Crippen LogP contribution in [0.25, 0.3) is 5.57 Å². The number of rotatable bonds is 5. The van der Waals surface area contributed by atoms with Crippen molar-refractivity contribution in [3.63, 3.8) is 0 Å². The van der Waals surface area contributed by atoms with E-state index in [2.05, 4.69) is 31.2 Å². The van der Waals surface area contributed by atoms with Crippen molar-refractivity contribution in [1.29, 1.82) is 0 Å². The molecular formula is C18H20O2. The van der Waals surface area contributed by atoms with Gasteiger partial charge in [-0.25, -0.2) is 0 Å². The van der Waals surface area contributed by atoms with Gasteiger partial charge in [-0.05, 0) is 48.6 Å². The standard InChI is InChI=1S/C18H20O2/c1-3-14-11-16(9-10-17(14)13-19)15-7-5-6-8-18(12-15)20-4-2/h6-13H,3-5H2,1-2H3. The van der Waals surface area contributed by atoms with Crippen molar-refractivity contribution in [2.75, 3.05) is 6.61 Å². The molecule has 0 aliphatic heterocycles. The van der Waals surface area contributed by atoms with Gasteiger partial charge in [0.2, 0.25) is 0 Å². The summed E-state index contributed by atoms with van der Waals surface area (Å²) in [5, 5.41) is 0. The lowest BCUT2D eigenvalue weighted by Crippen LogP contribution is -1.94. The molecule has 104 valence electrons. The van der Waals surface area contributed by atoms with Gasteiger partial charge in [-0.2, -0.15) is 0 Å². The first kappa shape index (κ1) is 14.3. The molecule has 0 fully saturated rings. The Hall–Kier alpha value is -2.09. The first-order chi connectivity index (χ1) is 9.78. The van der Waals surface area contributed by atoms with E-state index >= 15 is 0 Å². The highest BCUT2D eigenvalue weighted by Gasteiger charge is 2.07. The predicted molar refractivity (Wildman–Crippen MR) is 82.7 cm³/mol. The number of ether oxygens (including phenoxy) is 1. The first-order valence-electron chi connectivity index (χ1n) is 7.08. The molecule has 0 unspecified atom stereocenters. The Morgan fingerprint density at radius 1 is 1.30 bits per heavy atom. The smallest absolute Gasteiger partial charge is 0.150 e. The minimum absolute atomic E-state index is 0.660. The van der Waals surface area contributed by atoms with Crippen LogP contribution in [0.15, 0.2) is 48.3 Å². The molecule has 1 aliphatic carbocycles. The summed E-state index contributed by atoms with van der Waals surface area (Å²) in [6, 6.07) is 6.00. The summed E-state index contributed by atoms with van der Waals surface area (Å²) in [6.07, 6.45) is 11.0. The van der Waals surface area contributed by atoms with Crippen LogP contribution < -0.4 is 0 Å². The monoisotopic (exact) mass is 268 g/mol. The van der Waals surface area contributed by atoms with Gasteiger partial charge < -0.3 is 4.74 Å². The van der Waals surface area contributed by atoms with Crippen LogP contribution in [0.2, 0.25) is 0 Å². The maximum Gasteiger partial charge on any atom is 0.150 e. The molecule has 2 rings (SSSR count). The topological polar surface area (TPSA) is 26.3 Å². The van der Waals surface area contributed by atoms with E-state index < -0.39 is 0 Å². The fraction of sp³-hybridized carbons (Fsp3) is 0.278. The van der Waals surface area contributed by atoms with Gasteiger partial charge in [0.25, 0.3) is 0 Å². The zero-order valence-corrected chi connectivity index (χ0v) is 12.1. The van der Waals surface area contributed by atoms with E-state index in [1.165, 1.54) is 0 Å². The van der Waals surface area contributed by atoms with Crippen LogP contribution in [0, 0.1) is 0 Å². The van der Waals surface area contributed by atoms with E-state index in [1.54, 1.807) is 0 Å². The predicted octanol–water partition coefficient (Wildman–Crippen LogP) is 4.33. The van der Waals surface area contributed by atoms with Gasteiger partial charge in [-0.1, -0.05) is 37.3 Å². The second-order valence-corrected chi connectivity index (χ2v) is 4.66. The van der Waals surface area contributed by atoms with Crippen LogP contribution in [-0.2, 0) is 11.2 Å². The number of benzene rings is 1. The van der Waals surface area contributed by atoms with Gasteiger partial charge in [-0.3, -0.25) is 4.79 Å². The zero-order chi connectivity index (χ0) is 14.4. The number of carbonyl (C=O) groups excluding carboxylic acids is 1. The highest BCUT2D eigenvalue weighted by Crippen LogP contribution is 2.24. The average molecular weight is 268 g/mol. The van der Waals surface area contributed by atoms with Gasteiger partial charge in [0.05, 0.1) is 6.61 Å². The quantitative estimate of drug-likeness (QED) is 0.743. The third kappa shape index (κ3) is 3.27. The molecule has 0 bridgehead atoms. The largest absolute Gasteiger partial charge is 0.494 e. The highest BCUT2D eigenvalue weighted by atomic mass is 16.5. The molecule has 1 aromatic rings. The lowest BCUT2D eigenvalue weighted by Gasteiger charge is -2.09. The number of hydrogen-bond donors (Lipinski definition) is 0. The summed E-state index contributed by atoms with van der Waals surface area (Å²) in [7, 11) is 0. The van der Waals surface area contributed by atoms with E-state index in [0.717, 1.165) is 47.2 Å². The maximum atomic E-state index is 11.0. The average Bonchev–Trinajstić information content (AvgIpc) is 2.72. The Morgan fingerprint density at radius 2 is 2.15 bits per heavy atom. The second kappa shape index (κ2) is 6.90. The molecule has 0 N–H and O–H groups in total. The Balaban J connectivity index is 2.37. The lowest BCUT2D eigenvalue weighted by atomic mass is 9.97. The van der Waals surface area contributed by atoms with Gasteiger partial charge in [-0.15, -0.1) is 0 Å². The molecule has 0 saturated carbocycles. The summed E-state index contributed by atoms with van der Waals surface area (Å²) in [5.74, 6) is 0.883. The maximum absolute atomic E-state index is 11.0. The van der Waals surface area contributed by atoms with E-state index in [1.807, 2.05) is 25.1 Å². The van der Waals surface area contributed by atoms with Gasteiger partial charge in [0.1, 0.15) is 12.0 Å². The summed E-state index contributed by atoms with van der Waals surface area (Å²) < 4.78 is 5.59. The van der Waals surface area contributed by atoms with E-state index in [4.69, 9.17) is 4.74 Å². The Morgan fingerprint density at radius 3 is 2.85 bits per heavy atom. The van der Waals surface area contributed by atoms with Crippen molar-refractivity contribution in [1.82, 2.24) is 0 Å². The molecule has 0 heterocycles. The molecule has 2 heteroatoms. The van der Waals surface area contributed by atoms with Crippen molar-refractivity contribution in [3.05, 3.63) is 65.0 Å². The first-order valence-corrected chi connectivity index (χ1v) is 7.08. The van der Waals surface area contributed by atoms with Crippen molar-refractivity contribution in [3.8, 4) is 0 Å². The van der Waals surface area contributed by atoms with Crippen LogP contribution in [-0.4, -0.2) is 12.9 Å². The number of aryl methyl sites for hydroxylation is 1. The molecule has 0 atom stereocenters. The van der Waals surface area contributed by atoms with Gasteiger partial charge >= 0.3 is 0 Å². The number of hydrogen-bond acceptors (Lipinski definition) is 2. The molecule has 20 heavy (non-hydrogen) atoms. The minimum Gasteiger partial charge on any atom is -0.494 e. The minimum atomic E-state index is 0.660. The summed E-state index contributed by atoms with van der Waals surface area (Å²) in [5.41, 5.74) is 4.14. The third-order valence-corrected chi connectivity index (χ3v) is 3.35.